The van der Waals surface area contributed by atoms with Crippen molar-refractivity contribution in [1.29, 1.82) is 0 Å². The lowest BCUT2D eigenvalue weighted by atomic mass is 10.0. The van der Waals surface area contributed by atoms with Gasteiger partial charge in [-0.15, -0.1) is 0 Å². The van der Waals surface area contributed by atoms with Crippen molar-refractivity contribution < 1.29 is 14.0 Å². The molecule has 0 saturated heterocycles. The van der Waals surface area contributed by atoms with E-state index < -0.39 is 0 Å². The fourth-order valence-corrected chi connectivity index (χ4v) is 2.41. The highest BCUT2D eigenvalue weighted by molar-refractivity contribution is 9.10. The molecule has 5 nitrogen and oxygen atoms in total. The van der Waals surface area contributed by atoms with E-state index in [9.17, 15) is 9.59 Å². The zero-order chi connectivity index (χ0) is 14.3. The van der Waals surface area contributed by atoms with Crippen LogP contribution in [0.3, 0.4) is 0 Å². The zero-order valence-electron chi connectivity index (χ0n) is 10.6. The lowest BCUT2D eigenvalue weighted by Gasteiger charge is -2.26. The zero-order valence-corrected chi connectivity index (χ0v) is 12.2. The summed E-state index contributed by atoms with van der Waals surface area (Å²) in [5.74, 6) is 0.100. The van der Waals surface area contributed by atoms with Crippen LogP contribution in [0.1, 0.15) is 21.7 Å². The molecular weight excluding hydrogens is 324 g/mol. The molecule has 1 aromatic heterocycles. The van der Waals surface area contributed by atoms with Crippen LogP contribution in [0, 0.1) is 0 Å². The lowest BCUT2D eigenvalue weighted by molar-refractivity contribution is 0.101. The normalized spacial score (nSPS) is 13.9. The second-order valence-corrected chi connectivity index (χ2v) is 5.37. The highest BCUT2D eigenvalue weighted by Crippen LogP contribution is 2.25. The first-order valence-electron chi connectivity index (χ1n) is 5.99. The smallest absolute Gasteiger partial charge is 0.321 e. The number of halogens is 1. The van der Waals surface area contributed by atoms with Crippen molar-refractivity contribution in [3.05, 3.63) is 51.9 Å². The van der Waals surface area contributed by atoms with Crippen molar-refractivity contribution >= 4 is 33.4 Å². The maximum absolute atomic E-state index is 12.3. The molecule has 0 atom stereocenters. The van der Waals surface area contributed by atoms with Gasteiger partial charge in [-0.25, -0.2) is 4.79 Å². The molecule has 0 fully saturated rings. The summed E-state index contributed by atoms with van der Waals surface area (Å²) < 4.78 is 5.79. The second-order valence-electron chi connectivity index (χ2n) is 4.59. The van der Waals surface area contributed by atoms with Gasteiger partial charge in [0.05, 0.1) is 0 Å². The summed E-state index contributed by atoms with van der Waals surface area (Å²) in [5.41, 5.74) is 2.18. The van der Waals surface area contributed by atoms with E-state index in [2.05, 4.69) is 21.2 Å². The third-order valence-electron chi connectivity index (χ3n) is 3.16. The highest BCUT2D eigenvalue weighted by atomic mass is 79.9. The van der Waals surface area contributed by atoms with E-state index in [1.807, 2.05) is 0 Å². The van der Waals surface area contributed by atoms with Crippen LogP contribution in [-0.2, 0) is 6.54 Å². The van der Waals surface area contributed by atoms with Crippen molar-refractivity contribution in [2.24, 2.45) is 0 Å². The van der Waals surface area contributed by atoms with Crippen LogP contribution in [0.15, 0.2) is 39.4 Å². The Morgan fingerprint density at radius 2 is 2.15 bits per heavy atom. The summed E-state index contributed by atoms with van der Waals surface area (Å²) in [7, 11) is 1.70. The highest BCUT2D eigenvalue weighted by Gasteiger charge is 2.21. The summed E-state index contributed by atoms with van der Waals surface area (Å²) >= 11 is 3.17. The molecule has 0 radical (unpaired) electrons. The Hall–Kier alpha value is -2.08. The molecule has 102 valence electrons. The first kappa shape index (κ1) is 12.9. The van der Waals surface area contributed by atoms with Gasteiger partial charge in [-0.05, 0) is 51.8 Å². The molecule has 0 aliphatic carbocycles. The van der Waals surface area contributed by atoms with Crippen LogP contribution in [-0.4, -0.2) is 23.8 Å². The van der Waals surface area contributed by atoms with E-state index >= 15 is 0 Å². The number of anilines is 1. The Bertz CT molecular complexity index is 708. The van der Waals surface area contributed by atoms with Gasteiger partial charge < -0.3 is 14.6 Å². The molecule has 2 heterocycles. The van der Waals surface area contributed by atoms with Crippen molar-refractivity contribution in [1.82, 2.24) is 4.90 Å². The number of amides is 2. The molecule has 0 spiro atoms. The largest absolute Gasteiger partial charge is 0.446 e. The standard InChI is InChI=1S/C14H11BrN2O3/c1-17-7-9-6-8(2-3-10(9)16-14(17)19)13(18)11-4-5-12(15)20-11/h2-6H,7H2,1H3,(H,16,19). The average Bonchev–Trinajstić information content (AvgIpc) is 2.85. The number of urea groups is 1. The third kappa shape index (κ3) is 2.22. The molecule has 2 amide bonds. The fourth-order valence-electron chi connectivity index (χ4n) is 2.10. The van der Waals surface area contributed by atoms with E-state index in [-0.39, 0.29) is 17.6 Å². The van der Waals surface area contributed by atoms with Crippen LogP contribution in [0.25, 0.3) is 0 Å². The van der Waals surface area contributed by atoms with Gasteiger partial charge in [0.15, 0.2) is 10.4 Å². The minimum Gasteiger partial charge on any atom is -0.446 e. The fraction of sp³-hybridized carbons (Fsp3) is 0.143. The van der Waals surface area contributed by atoms with E-state index in [0.717, 1.165) is 11.3 Å². The van der Waals surface area contributed by atoms with E-state index in [1.165, 1.54) is 0 Å². The number of ketones is 1. The van der Waals surface area contributed by atoms with Crippen LogP contribution >= 0.6 is 15.9 Å². The van der Waals surface area contributed by atoms with Gasteiger partial charge >= 0.3 is 6.03 Å². The average molecular weight is 335 g/mol. The Morgan fingerprint density at radius 3 is 2.85 bits per heavy atom. The summed E-state index contributed by atoms with van der Waals surface area (Å²) in [4.78, 5) is 25.4. The number of carbonyl (C=O) groups is 2. The van der Waals surface area contributed by atoms with Gasteiger partial charge in [0.25, 0.3) is 0 Å². The number of fused-ring (bicyclic) bond motifs is 1. The van der Waals surface area contributed by atoms with Gasteiger partial charge in [-0.1, -0.05) is 0 Å². The summed E-state index contributed by atoms with van der Waals surface area (Å²) in [6, 6.07) is 8.37. The quantitative estimate of drug-likeness (QED) is 0.857. The monoisotopic (exact) mass is 334 g/mol. The molecule has 6 heteroatoms. The van der Waals surface area contributed by atoms with Gasteiger partial charge in [-0.3, -0.25) is 4.79 Å². The van der Waals surface area contributed by atoms with Crippen LogP contribution < -0.4 is 5.32 Å². The number of rotatable bonds is 2. The molecule has 1 aromatic carbocycles. The van der Waals surface area contributed by atoms with E-state index in [0.29, 0.717) is 16.8 Å². The number of benzene rings is 1. The molecule has 2 aromatic rings. The Morgan fingerprint density at radius 1 is 1.35 bits per heavy atom. The number of furan rings is 1. The minimum absolute atomic E-state index is 0.147. The van der Waals surface area contributed by atoms with Gasteiger partial charge in [-0.2, -0.15) is 0 Å². The van der Waals surface area contributed by atoms with E-state index in [4.69, 9.17) is 4.42 Å². The van der Waals surface area contributed by atoms with E-state index in [1.54, 1.807) is 42.3 Å². The first-order valence-corrected chi connectivity index (χ1v) is 6.79. The second kappa shape index (κ2) is 4.79. The Balaban J connectivity index is 1.95. The predicted octanol–water partition coefficient (Wildman–Crippen LogP) is 3.25. The van der Waals surface area contributed by atoms with Crippen molar-refractivity contribution in [2.45, 2.75) is 6.54 Å². The number of nitrogens with one attached hydrogen (secondary N) is 1. The van der Waals surface area contributed by atoms with Crippen LogP contribution in [0.2, 0.25) is 0 Å². The molecule has 0 unspecified atom stereocenters. The van der Waals surface area contributed by atoms with Crippen molar-refractivity contribution in [3.8, 4) is 0 Å². The number of hydrogen-bond acceptors (Lipinski definition) is 3. The topological polar surface area (TPSA) is 62.6 Å². The maximum Gasteiger partial charge on any atom is 0.321 e. The molecule has 1 N–H and O–H groups in total. The molecule has 20 heavy (non-hydrogen) atoms. The summed E-state index contributed by atoms with van der Waals surface area (Å²) in [6.07, 6.45) is 0. The van der Waals surface area contributed by atoms with Crippen molar-refractivity contribution in [2.75, 3.05) is 12.4 Å². The molecule has 1 aliphatic heterocycles. The summed E-state index contributed by atoms with van der Waals surface area (Å²) in [5, 5.41) is 2.76. The summed E-state index contributed by atoms with van der Waals surface area (Å²) in [6.45, 7) is 0.476. The number of hydrogen-bond donors (Lipinski definition) is 1. The van der Waals surface area contributed by atoms with Crippen LogP contribution in [0.4, 0.5) is 10.5 Å². The minimum atomic E-state index is -0.182. The number of carbonyl (C=O) groups excluding carboxylic acids is 2. The molecule has 1 aliphatic rings. The van der Waals surface area contributed by atoms with Crippen LogP contribution in [0.5, 0.6) is 0 Å². The number of nitrogens with zero attached hydrogens (tertiary/aromatic N) is 1. The van der Waals surface area contributed by atoms with Crippen molar-refractivity contribution in [3.63, 3.8) is 0 Å². The lowest BCUT2D eigenvalue weighted by Crippen LogP contribution is -2.35. The van der Waals surface area contributed by atoms with Gasteiger partial charge in [0.2, 0.25) is 5.78 Å². The molecular formula is C14H11BrN2O3. The SMILES string of the molecule is CN1Cc2cc(C(=O)c3ccc(Br)o3)ccc2NC1=O. The predicted molar refractivity (Wildman–Crippen MR) is 76.8 cm³/mol. The maximum atomic E-state index is 12.3. The first-order chi connectivity index (χ1) is 9.54. The Labute approximate surface area is 123 Å². The van der Waals surface area contributed by atoms with Gasteiger partial charge in [0.1, 0.15) is 0 Å². The third-order valence-corrected chi connectivity index (χ3v) is 3.59. The van der Waals surface area contributed by atoms with Gasteiger partial charge in [0, 0.05) is 24.8 Å². The molecule has 0 saturated carbocycles. The Kier molecular flexibility index (Phi) is 3.10. The molecule has 0 bridgehead atoms. The molecule has 3 rings (SSSR count).